The Balaban J connectivity index is 1.73. The van der Waals surface area contributed by atoms with E-state index in [0.717, 1.165) is 16.8 Å². The zero-order chi connectivity index (χ0) is 22.5. The predicted molar refractivity (Wildman–Crippen MR) is 117 cm³/mol. The van der Waals surface area contributed by atoms with Gasteiger partial charge in [-0.25, -0.2) is 4.68 Å². The maximum atomic E-state index is 12.8. The third-order valence-electron chi connectivity index (χ3n) is 4.81. The molecule has 9 nitrogen and oxygen atoms in total. The van der Waals surface area contributed by atoms with Crippen LogP contribution in [0.15, 0.2) is 36.4 Å². The van der Waals surface area contributed by atoms with Gasteiger partial charge in [0, 0.05) is 11.8 Å². The van der Waals surface area contributed by atoms with Gasteiger partial charge < -0.3 is 20.1 Å². The molecular formula is C22H25N5O4. The summed E-state index contributed by atoms with van der Waals surface area (Å²) in [7, 11) is 3.04. The lowest BCUT2D eigenvalue weighted by molar-refractivity contribution is -0.117. The highest BCUT2D eigenvalue weighted by Crippen LogP contribution is 2.29. The van der Waals surface area contributed by atoms with Crippen molar-refractivity contribution in [3.8, 4) is 11.5 Å². The molecular weight excluding hydrogens is 398 g/mol. The predicted octanol–water partition coefficient (Wildman–Crippen LogP) is 3.11. The first-order chi connectivity index (χ1) is 14.8. The van der Waals surface area contributed by atoms with Crippen LogP contribution in [-0.2, 0) is 11.3 Å². The summed E-state index contributed by atoms with van der Waals surface area (Å²) in [6, 6.07) is 10.9. The van der Waals surface area contributed by atoms with Crippen molar-refractivity contribution in [3.63, 3.8) is 0 Å². The lowest BCUT2D eigenvalue weighted by atomic mass is 10.1. The molecule has 2 aromatic carbocycles. The van der Waals surface area contributed by atoms with Crippen LogP contribution in [-0.4, -0.2) is 41.0 Å². The van der Waals surface area contributed by atoms with Gasteiger partial charge in [0.05, 0.1) is 25.6 Å². The normalized spacial score (nSPS) is 10.5. The first kappa shape index (κ1) is 21.8. The van der Waals surface area contributed by atoms with Crippen molar-refractivity contribution in [2.24, 2.45) is 0 Å². The maximum Gasteiger partial charge on any atom is 0.278 e. The molecule has 0 fully saturated rings. The van der Waals surface area contributed by atoms with Crippen molar-refractivity contribution in [2.45, 2.75) is 27.3 Å². The summed E-state index contributed by atoms with van der Waals surface area (Å²) >= 11 is 0. The first-order valence-electron chi connectivity index (χ1n) is 9.63. The lowest BCUT2D eigenvalue weighted by Gasteiger charge is -2.11. The SMILES string of the molecule is COc1ccc(OC)c(NC(=O)c2nnn(CC(=O)Nc3cc(C)ccc3C)c2C)c1. The molecule has 162 valence electrons. The average molecular weight is 423 g/mol. The number of hydrogen-bond donors (Lipinski definition) is 2. The monoisotopic (exact) mass is 423 g/mol. The van der Waals surface area contributed by atoms with Gasteiger partial charge in [0.15, 0.2) is 5.69 Å². The molecule has 9 heteroatoms. The van der Waals surface area contributed by atoms with E-state index >= 15 is 0 Å². The number of nitrogens with one attached hydrogen (secondary N) is 2. The molecule has 0 aliphatic carbocycles. The van der Waals surface area contributed by atoms with Crippen LogP contribution in [0.2, 0.25) is 0 Å². The van der Waals surface area contributed by atoms with E-state index in [9.17, 15) is 9.59 Å². The van der Waals surface area contributed by atoms with Crippen molar-refractivity contribution in [1.29, 1.82) is 0 Å². The third kappa shape index (κ3) is 5.00. The van der Waals surface area contributed by atoms with Gasteiger partial charge in [-0.1, -0.05) is 17.3 Å². The largest absolute Gasteiger partial charge is 0.497 e. The Morgan fingerprint density at radius 2 is 1.74 bits per heavy atom. The molecule has 0 aliphatic rings. The van der Waals surface area contributed by atoms with Crippen LogP contribution >= 0.6 is 0 Å². The molecule has 3 rings (SSSR count). The van der Waals surface area contributed by atoms with Crippen LogP contribution in [0.3, 0.4) is 0 Å². The number of hydrogen-bond acceptors (Lipinski definition) is 6. The summed E-state index contributed by atoms with van der Waals surface area (Å²) in [5.74, 6) is 0.319. The first-order valence-corrected chi connectivity index (χ1v) is 9.63. The Morgan fingerprint density at radius 3 is 2.45 bits per heavy atom. The summed E-state index contributed by atoms with van der Waals surface area (Å²) in [5, 5.41) is 13.5. The second kappa shape index (κ2) is 9.29. The van der Waals surface area contributed by atoms with Crippen LogP contribution in [0.25, 0.3) is 0 Å². The molecule has 0 unspecified atom stereocenters. The average Bonchev–Trinajstić information content (AvgIpc) is 3.10. The molecule has 0 saturated carbocycles. The molecule has 3 aromatic rings. The van der Waals surface area contributed by atoms with Gasteiger partial charge in [-0.3, -0.25) is 9.59 Å². The van der Waals surface area contributed by atoms with Crippen LogP contribution in [0.5, 0.6) is 11.5 Å². The standard InChI is InChI=1S/C22H25N5O4/c1-13-6-7-14(2)17(10-13)23-20(28)12-27-15(3)21(25-26-27)22(29)24-18-11-16(30-4)8-9-19(18)31-5/h6-11H,12H2,1-5H3,(H,23,28)(H,24,29). The maximum absolute atomic E-state index is 12.8. The molecule has 1 aromatic heterocycles. The fraction of sp³-hybridized carbons (Fsp3) is 0.273. The Bertz CT molecular complexity index is 1120. The van der Waals surface area contributed by atoms with E-state index < -0.39 is 5.91 Å². The molecule has 0 atom stereocenters. The van der Waals surface area contributed by atoms with Crippen LogP contribution in [0.1, 0.15) is 27.3 Å². The Hall–Kier alpha value is -3.88. The Kier molecular flexibility index (Phi) is 6.54. The van der Waals surface area contributed by atoms with Gasteiger partial charge in [0.25, 0.3) is 5.91 Å². The van der Waals surface area contributed by atoms with Crippen molar-refractivity contribution in [3.05, 3.63) is 58.9 Å². The van der Waals surface area contributed by atoms with Gasteiger partial charge in [-0.15, -0.1) is 5.10 Å². The van der Waals surface area contributed by atoms with Gasteiger partial charge >= 0.3 is 0 Å². The van der Waals surface area contributed by atoms with E-state index in [-0.39, 0.29) is 18.1 Å². The molecule has 1 heterocycles. The van der Waals surface area contributed by atoms with E-state index in [2.05, 4.69) is 20.9 Å². The third-order valence-corrected chi connectivity index (χ3v) is 4.81. The summed E-state index contributed by atoms with van der Waals surface area (Å²) in [4.78, 5) is 25.2. The lowest BCUT2D eigenvalue weighted by Crippen LogP contribution is -2.21. The summed E-state index contributed by atoms with van der Waals surface area (Å²) in [6.45, 7) is 5.49. The van der Waals surface area contributed by atoms with E-state index in [0.29, 0.717) is 22.9 Å². The summed E-state index contributed by atoms with van der Waals surface area (Å²) in [5.41, 5.74) is 3.77. The minimum atomic E-state index is -0.467. The molecule has 2 N–H and O–H groups in total. The fourth-order valence-electron chi connectivity index (χ4n) is 3.01. The number of amides is 2. The number of nitrogens with zero attached hydrogens (tertiary/aromatic N) is 3. The highest BCUT2D eigenvalue weighted by molar-refractivity contribution is 6.04. The molecule has 0 radical (unpaired) electrons. The van der Waals surface area contributed by atoms with Crippen molar-refractivity contribution in [1.82, 2.24) is 15.0 Å². The number of carbonyl (C=O) groups excluding carboxylic acids is 2. The van der Waals surface area contributed by atoms with Gasteiger partial charge in [-0.05, 0) is 50.1 Å². The van der Waals surface area contributed by atoms with E-state index in [1.54, 1.807) is 25.1 Å². The van der Waals surface area contributed by atoms with Crippen LogP contribution in [0, 0.1) is 20.8 Å². The zero-order valence-corrected chi connectivity index (χ0v) is 18.1. The number of aryl methyl sites for hydroxylation is 2. The second-order valence-electron chi connectivity index (χ2n) is 7.07. The molecule has 0 spiro atoms. The number of ether oxygens (including phenoxy) is 2. The van der Waals surface area contributed by atoms with Crippen LogP contribution < -0.4 is 20.1 Å². The highest BCUT2D eigenvalue weighted by atomic mass is 16.5. The van der Waals surface area contributed by atoms with Gasteiger partial charge in [0.2, 0.25) is 5.91 Å². The number of benzene rings is 2. The minimum Gasteiger partial charge on any atom is -0.497 e. The summed E-state index contributed by atoms with van der Waals surface area (Å²) < 4.78 is 11.9. The van der Waals surface area contributed by atoms with Crippen LogP contribution in [0.4, 0.5) is 11.4 Å². The quantitative estimate of drug-likeness (QED) is 0.605. The molecule has 0 aliphatic heterocycles. The molecule has 2 amide bonds. The van der Waals surface area contributed by atoms with E-state index in [4.69, 9.17) is 9.47 Å². The second-order valence-corrected chi connectivity index (χ2v) is 7.07. The molecule has 31 heavy (non-hydrogen) atoms. The number of carbonyl (C=O) groups is 2. The van der Waals surface area contributed by atoms with E-state index in [1.165, 1.54) is 18.9 Å². The van der Waals surface area contributed by atoms with E-state index in [1.807, 2.05) is 32.0 Å². The topological polar surface area (TPSA) is 107 Å². The number of aromatic nitrogens is 3. The molecule has 0 saturated heterocycles. The van der Waals surface area contributed by atoms with Gasteiger partial charge in [-0.2, -0.15) is 0 Å². The Labute approximate surface area is 180 Å². The Morgan fingerprint density at radius 1 is 0.968 bits per heavy atom. The van der Waals surface area contributed by atoms with Gasteiger partial charge in [0.1, 0.15) is 18.0 Å². The zero-order valence-electron chi connectivity index (χ0n) is 18.1. The summed E-state index contributed by atoms with van der Waals surface area (Å²) in [6.07, 6.45) is 0. The fourth-order valence-corrected chi connectivity index (χ4v) is 3.01. The van der Waals surface area contributed by atoms with Crippen molar-refractivity contribution in [2.75, 3.05) is 24.9 Å². The number of anilines is 2. The minimum absolute atomic E-state index is 0.0675. The molecule has 0 bridgehead atoms. The highest BCUT2D eigenvalue weighted by Gasteiger charge is 2.20. The number of rotatable bonds is 7. The smallest absolute Gasteiger partial charge is 0.278 e. The van der Waals surface area contributed by atoms with Crippen molar-refractivity contribution < 1.29 is 19.1 Å². The van der Waals surface area contributed by atoms with Crippen molar-refractivity contribution >= 4 is 23.2 Å². The number of methoxy groups -OCH3 is 2.